The molecule has 0 fully saturated rings. The molecule has 3 rings (SSSR count). The maximum atomic E-state index is 12.7. The van der Waals surface area contributed by atoms with Gasteiger partial charge in [0.25, 0.3) is 5.91 Å². The number of carbonyl (C=O) groups is 1. The van der Waals surface area contributed by atoms with Crippen LogP contribution in [0.25, 0.3) is 11.1 Å². The van der Waals surface area contributed by atoms with Crippen molar-refractivity contribution >= 4 is 5.91 Å². The average Bonchev–Trinajstić information content (AvgIpc) is 2.73. The molecule has 0 spiro atoms. The zero-order chi connectivity index (χ0) is 19.2. The lowest BCUT2D eigenvalue weighted by atomic mass is 10.0. The van der Waals surface area contributed by atoms with E-state index in [1.165, 1.54) is 0 Å². The van der Waals surface area contributed by atoms with Crippen LogP contribution in [0.5, 0.6) is 11.5 Å². The lowest BCUT2D eigenvalue weighted by Crippen LogP contribution is -2.26. The highest BCUT2D eigenvalue weighted by atomic mass is 16.5. The molecule has 138 valence electrons. The lowest BCUT2D eigenvalue weighted by molar-refractivity contribution is 0.0939. The Hall–Kier alpha value is -3.34. The monoisotopic (exact) mass is 362 g/mol. The lowest BCUT2D eigenvalue weighted by Gasteiger charge is -2.16. The van der Waals surface area contributed by atoms with Crippen LogP contribution >= 0.6 is 0 Å². The number of carbonyl (C=O) groups excluding carboxylic acids is 1. The number of amides is 1. The summed E-state index contributed by atoms with van der Waals surface area (Å²) < 4.78 is 10.7. The number of hydrogen-bond donors (Lipinski definition) is 1. The smallest absolute Gasteiger partial charge is 0.251 e. The van der Waals surface area contributed by atoms with Crippen LogP contribution in [0.1, 0.15) is 28.9 Å². The summed E-state index contributed by atoms with van der Waals surface area (Å²) in [5, 5.41) is 3.01. The van der Waals surface area contributed by atoms with Gasteiger partial charge in [-0.1, -0.05) is 12.1 Å². The van der Waals surface area contributed by atoms with Crippen LogP contribution in [0.15, 0.2) is 67.0 Å². The fourth-order valence-corrected chi connectivity index (χ4v) is 2.88. The van der Waals surface area contributed by atoms with Crippen LogP contribution < -0.4 is 14.8 Å². The molecular formula is C22H22N2O3. The average molecular weight is 362 g/mol. The fourth-order valence-electron chi connectivity index (χ4n) is 2.88. The van der Waals surface area contributed by atoms with E-state index in [0.29, 0.717) is 11.3 Å². The molecule has 0 aliphatic heterocycles. The second-order valence-corrected chi connectivity index (χ2v) is 6.12. The van der Waals surface area contributed by atoms with E-state index in [1.807, 2.05) is 49.4 Å². The first-order valence-corrected chi connectivity index (χ1v) is 8.65. The molecule has 1 amide bonds. The standard InChI is InChI=1S/C22H22N2O3/c1-15(17-5-4-6-19(13-17)26-2)24-22(25)18-7-8-20(21(14-18)27-3)16-9-11-23-12-10-16/h4-15H,1-3H3,(H,24,25)/t15-/m1/s1. The molecule has 0 saturated heterocycles. The van der Waals surface area contributed by atoms with Gasteiger partial charge in [0.2, 0.25) is 0 Å². The van der Waals surface area contributed by atoms with E-state index in [2.05, 4.69) is 10.3 Å². The zero-order valence-electron chi connectivity index (χ0n) is 15.6. The number of pyridine rings is 1. The molecule has 5 nitrogen and oxygen atoms in total. The number of rotatable bonds is 6. The van der Waals surface area contributed by atoms with Crippen molar-refractivity contribution in [2.24, 2.45) is 0 Å². The van der Waals surface area contributed by atoms with Crippen LogP contribution in [-0.4, -0.2) is 25.1 Å². The number of hydrogen-bond acceptors (Lipinski definition) is 4. The van der Waals surface area contributed by atoms with Gasteiger partial charge in [0.05, 0.1) is 20.3 Å². The van der Waals surface area contributed by atoms with Crippen molar-refractivity contribution in [2.45, 2.75) is 13.0 Å². The van der Waals surface area contributed by atoms with Gasteiger partial charge < -0.3 is 14.8 Å². The summed E-state index contributed by atoms with van der Waals surface area (Å²) >= 11 is 0. The summed E-state index contributed by atoms with van der Waals surface area (Å²) in [6, 6.07) is 16.8. The third-order valence-electron chi connectivity index (χ3n) is 4.40. The highest BCUT2D eigenvalue weighted by Crippen LogP contribution is 2.30. The van der Waals surface area contributed by atoms with Gasteiger partial charge in [-0.2, -0.15) is 0 Å². The van der Waals surface area contributed by atoms with Crippen LogP contribution in [0.2, 0.25) is 0 Å². The predicted molar refractivity (Wildman–Crippen MR) is 105 cm³/mol. The third-order valence-corrected chi connectivity index (χ3v) is 4.40. The molecule has 0 unspecified atom stereocenters. The molecular weight excluding hydrogens is 340 g/mol. The molecule has 0 bridgehead atoms. The van der Waals surface area contributed by atoms with E-state index in [-0.39, 0.29) is 11.9 Å². The molecule has 1 aromatic heterocycles. The van der Waals surface area contributed by atoms with E-state index in [0.717, 1.165) is 22.4 Å². The van der Waals surface area contributed by atoms with E-state index in [1.54, 1.807) is 38.7 Å². The molecule has 1 heterocycles. The Labute approximate surface area is 159 Å². The number of ether oxygens (including phenoxy) is 2. The Morgan fingerprint density at radius 3 is 2.48 bits per heavy atom. The Balaban J connectivity index is 1.80. The van der Waals surface area contributed by atoms with Gasteiger partial charge in [0.1, 0.15) is 11.5 Å². The van der Waals surface area contributed by atoms with Crippen LogP contribution in [0.4, 0.5) is 0 Å². The highest BCUT2D eigenvalue weighted by Gasteiger charge is 2.15. The van der Waals surface area contributed by atoms with E-state index in [4.69, 9.17) is 9.47 Å². The largest absolute Gasteiger partial charge is 0.497 e. The molecule has 1 atom stereocenters. The van der Waals surface area contributed by atoms with Crippen molar-refractivity contribution in [3.05, 3.63) is 78.1 Å². The second kappa shape index (κ2) is 8.36. The predicted octanol–water partition coefficient (Wildman–Crippen LogP) is 4.26. The normalized spacial score (nSPS) is 11.5. The van der Waals surface area contributed by atoms with Crippen molar-refractivity contribution in [2.75, 3.05) is 14.2 Å². The number of methoxy groups -OCH3 is 2. The number of aromatic nitrogens is 1. The third kappa shape index (κ3) is 4.26. The summed E-state index contributed by atoms with van der Waals surface area (Å²) in [5.74, 6) is 1.24. The number of nitrogens with zero attached hydrogens (tertiary/aromatic N) is 1. The van der Waals surface area contributed by atoms with E-state index in [9.17, 15) is 4.79 Å². The van der Waals surface area contributed by atoms with Gasteiger partial charge in [-0.05, 0) is 60.5 Å². The quantitative estimate of drug-likeness (QED) is 0.712. The van der Waals surface area contributed by atoms with E-state index < -0.39 is 0 Å². The molecule has 0 radical (unpaired) electrons. The maximum absolute atomic E-state index is 12.7. The summed E-state index contributed by atoms with van der Waals surface area (Å²) in [5.41, 5.74) is 3.42. The molecule has 1 N–H and O–H groups in total. The second-order valence-electron chi connectivity index (χ2n) is 6.12. The van der Waals surface area contributed by atoms with Crippen LogP contribution in [0.3, 0.4) is 0 Å². The molecule has 27 heavy (non-hydrogen) atoms. The minimum Gasteiger partial charge on any atom is -0.497 e. The Kier molecular flexibility index (Phi) is 5.71. The minimum atomic E-state index is -0.162. The topological polar surface area (TPSA) is 60.5 Å². The first-order valence-electron chi connectivity index (χ1n) is 8.65. The van der Waals surface area contributed by atoms with Gasteiger partial charge in [0, 0.05) is 23.5 Å². The van der Waals surface area contributed by atoms with Crippen molar-refractivity contribution in [3.8, 4) is 22.6 Å². The van der Waals surface area contributed by atoms with Crippen LogP contribution in [-0.2, 0) is 0 Å². The Morgan fingerprint density at radius 1 is 1.00 bits per heavy atom. The van der Waals surface area contributed by atoms with Gasteiger partial charge in [-0.3, -0.25) is 9.78 Å². The first kappa shape index (κ1) is 18.5. The molecule has 0 aliphatic carbocycles. The number of benzene rings is 2. The fraction of sp³-hybridized carbons (Fsp3) is 0.182. The van der Waals surface area contributed by atoms with Crippen LogP contribution in [0, 0.1) is 0 Å². The van der Waals surface area contributed by atoms with Gasteiger partial charge in [0.15, 0.2) is 0 Å². The van der Waals surface area contributed by atoms with Crippen molar-refractivity contribution in [3.63, 3.8) is 0 Å². The summed E-state index contributed by atoms with van der Waals surface area (Å²) in [6.45, 7) is 1.94. The van der Waals surface area contributed by atoms with Gasteiger partial charge in [-0.25, -0.2) is 0 Å². The van der Waals surface area contributed by atoms with Crippen molar-refractivity contribution in [1.82, 2.24) is 10.3 Å². The minimum absolute atomic E-state index is 0.154. The maximum Gasteiger partial charge on any atom is 0.251 e. The number of nitrogens with one attached hydrogen (secondary N) is 1. The van der Waals surface area contributed by atoms with E-state index >= 15 is 0 Å². The molecule has 0 saturated carbocycles. The highest BCUT2D eigenvalue weighted by molar-refractivity contribution is 5.95. The first-order chi connectivity index (χ1) is 13.1. The van der Waals surface area contributed by atoms with Crippen molar-refractivity contribution in [1.29, 1.82) is 0 Å². The molecule has 5 heteroatoms. The summed E-state index contributed by atoms with van der Waals surface area (Å²) in [7, 11) is 3.22. The molecule has 0 aliphatic rings. The van der Waals surface area contributed by atoms with Gasteiger partial charge >= 0.3 is 0 Å². The van der Waals surface area contributed by atoms with Gasteiger partial charge in [-0.15, -0.1) is 0 Å². The summed E-state index contributed by atoms with van der Waals surface area (Å²) in [4.78, 5) is 16.7. The van der Waals surface area contributed by atoms with Crippen molar-refractivity contribution < 1.29 is 14.3 Å². The SMILES string of the molecule is COc1cccc([C@@H](C)NC(=O)c2ccc(-c3ccncc3)c(OC)c2)c1. The summed E-state index contributed by atoms with van der Waals surface area (Å²) in [6.07, 6.45) is 3.45. The molecule has 3 aromatic rings. The molecule has 2 aromatic carbocycles. The zero-order valence-corrected chi connectivity index (χ0v) is 15.6. The Morgan fingerprint density at radius 2 is 1.78 bits per heavy atom. The Bertz CT molecular complexity index is 926.